The predicted molar refractivity (Wildman–Crippen MR) is 79.6 cm³/mol. The molecule has 1 aliphatic heterocycles. The minimum absolute atomic E-state index is 0.0427. The van der Waals surface area contributed by atoms with Gasteiger partial charge in [0, 0.05) is 12.1 Å². The van der Waals surface area contributed by atoms with E-state index in [1.807, 2.05) is 0 Å². The summed E-state index contributed by atoms with van der Waals surface area (Å²) in [6, 6.07) is 5.64. The van der Waals surface area contributed by atoms with Crippen LogP contribution in [0.1, 0.15) is 21.5 Å². The lowest BCUT2D eigenvalue weighted by Gasteiger charge is -2.45. The average Bonchev–Trinajstić information content (AvgIpc) is 2.49. The van der Waals surface area contributed by atoms with Gasteiger partial charge in [0.05, 0.1) is 12.5 Å². The maximum Gasteiger partial charge on any atom is 0.184 e. The molecule has 1 unspecified atom stereocenters. The van der Waals surface area contributed by atoms with E-state index >= 15 is 0 Å². The van der Waals surface area contributed by atoms with Crippen molar-refractivity contribution < 1.29 is 29.6 Å². The Bertz CT molecular complexity index is 857. The number of hydrogen-bond donors (Lipinski definition) is 3. The molecule has 2 aliphatic rings. The lowest BCUT2D eigenvalue weighted by molar-refractivity contribution is 0.0723. The molecule has 4 rings (SSSR count). The number of rotatable bonds is 1. The van der Waals surface area contributed by atoms with Crippen LogP contribution < -0.4 is 9.47 Å². The maximum atomic E-state index is 12.9. The fraction of sp³-hybridized carbons (Fsp3) is 0.235. The van der Waals surface area contributed by atoms with Crippen LogP contribution in [-0.2, 0) is 11.8 Å². The summed E-state index contributed by atoms with van der Waals surface area (Å²) in [5.74, 6) is -0.260. The summed E-state index contributed by atoms with van der Waals surface area (Å²) in [4.78, 5) is 12.9. The SMILES string of the molecule is COc1cc2c(cc1O)C1(COc3cc(O)cc(O)c3C1=O)C2. The van der Waals surface area contributed by atoms with E-state index in [0.717, 1.165) is 11.6 Å². The van der Waals surface area contributed by atoms with E-state index in [-0.39, 0.29) is 41.0 Å². The fourth-order valence-electron chi connectivity index (χ4n) is 3.45. The minimum atomic E-state index is -0.916. The van der Waals surface area contributed by atoms with Gasteiger partial charge in [0.2, 0.25) is 0 Å². The molecule has 6 nitrogen and oxygen atoms in total. The van der Waals surface area contributed by atoms with Gasteiger partial charge in [-0.25, -0.2) is 0 Å². The Morgan fingerprint density at radius 2 is 1.91 bits per heavy atom. The monoisotopic (exact) mass is 314 g/mol. The Morgan fingerprint density at radius 1 is 1.13 bits per heavy atom. The molecule has 3 N–H and O–H groups in total. The zero-order valence-corrected chi connectivity index (χ0v) is 12.3. The Labute approximate surface area is 131 Å². The van der Waals surface area contributed by atoms with Crippen LogP contribution >= 0.6 is 0 Å². The zero-order valence-electron chi connectivity index (χ0n) is 12.3. The van der Waals surface area contributed by atoms with Crippen LogP contribution in [0.4, 0.5) is 0 Å². The van der Waals surface area contributed by atoms with Crippen molar-refractivity contribution in [3.05, 3.63) is 41.0 Å². The lowest BCUT2D eigenvalue weighted by Crippen LogP contribution is -2.52. The second-order valence-corrected chi connectivity index (χ2v) is 5.90. The van der Waals surface area contributed by atoms with Crippen molar-refractivity contribution >= 4 is 5.78 Å². The van der Waals surface area contributed by atoms with Gasteiger partial charge in [0.1, 0.15) is 29.4 Å². The van der Waals surface area contributed by atoms with Crippen molar-refractivity contribution in [1.29, 1.82) is 0 Å². The molecule has 0 bridgehead atoms. The van der Waals surface area contributed by atoms with Crippen LogP contribution in [-0.4, -0.2) is 34.8 Å². The Balaban J connectivity index is 1.84. The van der Waals surface area contributed by atoms with Crippen molar-refractivity contribution in [1.82, 2.24) is 0 Å². The molecule has 0 amide bonds. The van der Waals surface area contributed by atoms with Crippen LogP contribution in [0, 0.1) is 0 Å². The first-order valence-corrected chi connectivity index (χ1v) is 7.10. The molecule has 0 fully saturated rings. The summed E-state index contributed by atoms with van der Waals surface area (Å²) in [5, 5.41) is 29.5. The van der Waals surface area contributed by atoms with Gasteiger partial charge in [-0.2, -0.15) is 0 Å². The van der Waals surface area contributed by atoms with E-state index < -0.39 is 5.41 Å². The van der Waals surface area contributed by atoms with Crippen molar-refractivity contribution in [2.75, 3.05) is 13.7 Å². The van der Waals surface area contributed by atoms with Crippen LogP contribution in [0.15, 0.2) is 24.3 Å². The number of fused-ring (bicyclic) bond motifs is 3. The van der Waals surface area contributed by atoms with Gasteiger partial charge in [-0.05, 0) is 29.7 Å². The molecule has 0 aromatic heterocycles. The Morgan fingerprint density at radius 3 is 2.65 bits per heavy atom. The fourth-order valence-corrected chi connectivity index (χ4v) is 3.45. The zero-order chi connectivity index (χ0) is 16.4. The molecule has 0 saturated carbocycles. The number of benzene rings is 2. The first kappa shape index (κ1) is 13.8. The van der Waals surface area contributed by atoms with E-state index in [1.54, 1.807) is 6.07 Å². The Kier molecular flexibility index (Phi) is 2.58. The molecule has 1 heterocycles. The lowest BCUT2D eigenvalue weighted by atomic mass is 9.60. The standard InChI is InChI=1S/C17H14O6/c1-22-13-2-8-6-17(10(8)5-11(13)19)7-23-14-4-9(18)3-12(20)15(14)16(17)21/h2-5,18-20H,6-7H2,1H3. The number of carbonyl (C=O) groups excluding carboxylic acids is 1. The molecular weight excluding hydrogens is 300 g/mol. The third kappa shape index (κ3) is 1.66. The van der Waals surface area contributed by atoms with E-state index in [9.17, 15) is 20.1 Å². The molecule has 1 aliphatic carbocycles. The molecule has 2 aromatic rings. The van der Waals surface area contributed by atoms with Gasteiger partial charge in [-0.15, -0.1) is 0 Å². The second-order valence-electron chi connectivity index (χ2n) is 5.90. The van der Waals surface area contributed by atoms with E-state index in [1.165, 1.54) is 19.2 Å². The number of ether oxygens (including phenoxy) is 2. The van der Waals surface area contributed by atoms with Gasteiger partial charge in [-0.1, -0.05) is 0 Å². The smallest absolute Gasteiger partial charge is 0.184 e. The number of phenols is 3. The molecule has 0 radical (unpaired) electrons. The molecule has 2 aromatic carbocycles. The third-order valence-corrected chi connectivity index (χ3v) is 4.61. The molecule has 0 saturated heterocycles. The average molecular weight is 314 g/mol. The van der Waals surface area contributed by atoms with Gasteiger partial charge < -0.3 is 24.8 Å². The minimum Gasteiger partial charge on any atom is -0.508 e. The quantitative estimate of drug-likeness (QED) is 0.744. The summed E-state index contributed by atoms with van der Waals surface area (Å²) < 4.78 is 10.7. The van der Waals surface area contributed by atoms with Crippen molar-refractivity contribution in [2.45, 2.75) is 11.8 Å². The number of phenolic OH excluding ortho intramolecular Hbond substituents is 3. The highest BCUT2D eigenvalue weighted by Crippen LogP contribution is 2.52. The number of hydrogen-bond acceptors (Lipinski definition) is 6. The largest absolute Gasteiger partial charge is 0.508 e. The molecular formula is C17H14O6. The Hall–Kier alpha value is -2.89. The van der Waals surface area contributed by atoms with Gasteiger partial charge in [-0.3, -0.25) is 4.79 Å². The van der Waals surface area contributed by atoms with Crippen molar-refractivity contribution in [3.8, 4) is 28.7 Å². The maximum absolute atomic E-state index is 12.9. The molecule has 1 atom stereocenters. The van der Waals surface area contributed by atoms with Gasteiger partial charge in [0.25, 0.3) is 0 Å². The first-order chi connectivity index (χ1) is 11.0. The first-order valence-electron chi connectivity index (χ1n) is 7.10. The van der Waals surface area contributed by atoms with Crippen LogP contribution in [0.25, 0.3) is 0 Å². The van der Waals surface area contributed by atoms with Gasteiger partial charge >= 0.3 is 0 Å². The molecule has 1 spiro atoms. The summed E-state index contributed by atoms with van der Waals surface area (Å²) in [7, 11) is 1.46. The summed E-state index contributed by atoms with van der Waals surface area (Å²) >= 11 is 0. The number of carbonyl (C=O) groups is 1. The summed E-state index contributed by atoms with van der Waals surface area (Å²) in [6.45, 7) is 0.0977. The molecule has 6 heteroatoms. The highest BCUT2D eigenvalue weighted by atomic mass is 16.5. The third-order valence-electron chi connectivity index (χ3n) is 4.61. The number of methoxy groups -OCH3 is 1. The number of Topliss-reactive ketones (excluding diaryl/α,β-unsaturated/α-hetero) is 1. The van der Waals surface area contributed by atoms with Gasteiger partial charge in [0.15, 0.2) is 17.3 Å². The topological polar surface area (TPSA) is 96.2 Å². The number of aromatic hydroxyl groups is 3. The summed E-state index contributed by atoms with van der Waals surface area (Å²) in [5.41, 5.74) is 0.729. The van der Waals surface area contributed by atoms with Crippen molar-refractivity contribution in [3.63, 3.8) is 0 Å². The molecule has 23 heavy (non-hydrogen) atoms. The van der Waals surface area contributed by atoms with E-state index in [0.29, 0.717) is 17.7 Å². The van der Waals surface area contributed by atoms with Crippen molar-refractivity contribution in [2.24, 2.45) is 0 Å². The highest BCUT2D eigenvalue weighted by Gasteiger charge is 2.54. The number of ketones is 1. The van der Waals surface area contributed by atoms with E-state index in [4.69, 9.17) is 9.47 Å². The van der Waals surface area contributed by atoms with Crippen LogP contribution in [0.3, 0.4) is 0 Å². The van der Waals surface area contributed by atoms with E-state index in [2.05, 4.69) is 0 Å². The summed E-state index contributed by atoms with van der Waals surface area (Å²) in [6.07, 6.45) is 0.442. The molecule has 118 valence electrons. The predicted octanol–water partition coefficient (Wildman–Crippen LogP) is 1.88. The van der Waals surface area contributed by atoms with Crippen LogP contribution in [0.5, 0.6) is 28.7 Å². The highest BCUT2D eigenvalue weighted by molar-refractivity contribution is 6.11. The van der Waals surface area contributed by atoms with Crippen LogP contribution in [0.2, 0.25) is 0 Å². The second kappa shape index (κ2) is 4.32. The normalized spacial score (nSPS) is 21.2.